The Morgan fingerprint density at radius 1 is 1.16 bits per heavy atom. The highest BCUT2D eigenvalue weighted by Crippen LogP contribution is 2.04. The van der Waals surface area contributed by atoms with E-state index in [2.05, 4.69) is 30.2 Å². The van der Waals surface area contributed by atoms with Gasteiger partial charge in [-0.3, -0.25) is 9.59 Å². The summed E-state index contributed by atoms with van der Waals surface area (Å²) in [6.45, 7) is 2.61. The minimum Gasteiger partial charge on any atom is -0.480 e. The van der Waals surface area contributed by atoms with E-state index in [9.17, 15) is 9.59 Å². The van der Waals surface area contributed by atoms with Crippen LogP contribution in [0, 0.1) is 0 Å². The summed E-state index contributed by atoms with van der Waals surface area (Å²) in [5.74, 6) is -0.980. The minimum atomic E-state index is -1.04. The molecule has 0 heterocycles. The number of thiol groups is 1. The number of amides is 1. The number of carbonyl (C=O) groups is 2. The van der Waals surface area contributed by atoms with E-state index in [-0.39, 0.29) is 12.5 Å². The van der Waals surface area contributed by atoms with Gasteiger partial charge in [-0.1, -0.05) is 39.0 Å². The summed E-state index contributed by atoms with van der Waals surface area (Å²) < 4.78 is 0. The Labute approximate surface area is 120 Å². The van der Waals surface area contributed by atoms with Crippen LogP contribution in [0.4, 0.5) is 0 Å². The van der Waals surface area contributed by atoms with Gasteiger partial charge in [-0.15, -0.1) is 0 Å². The molecule has 1 atom stereocenters. The lowest BCUT2D eigenvalue weighted by atomic mass is 10.1. The SMILES string of the molecule is CCCCCCCCNC(CS)C(=O)NCC(=O)O. The van der Waals surface area contributed by atoms with Crippen LogP contribution in [0.1, 0.15) is 45.4 Å². The molecular weight excluding hydrogens is 264 g/mol. The number of hydrogen-bond donors (Lipinski definition) is 4. The van der Waals surface area contributed by atoms with Gasteiger partial charge in [-0.05, 0) is 13.0 Å². The molecule has 6 heteroatoms. The molecule has 0 saturated carbocycles. The molecule has 0 saturated heterocycles. The number of hydrogen-bond acceptors (Lipinski definition) is 4. The lowest BCUT2D eigenvalue weighted by molar-refractivity contribution is -0.138. The normalized spacial score (nSPS) is 12.1. The van der Waals surface area contributed by atoms with Crippen LogP contribution in [0.15, 0.2) is 0 Å². The standard InChI is InChI=1S/C13H26N2O3S/c1-2-3-4-5-6-7-8-14-11(10-19)13(18)15-9-12(16)17/h11,14,19H,2-10H2,1H3,(H,15,18)(H,16,17). The van der Waals surface area contributed by atoms with Gasteiger partial charge < -0.3 is 15.7 Å². The third-order valence-corrected chi connectivity index (χ3v) is 3.20. The van der Waals surface area contributed by atoms with E-state index in [0.717, 1.165) is 19.4 Å². The van der Waals surface area contributed by atoms with Crippen molar-refractivity contribution in [3.05, 3.63) is 0 Å². The van der Waals surface area contributed by atoms with Crippen LogP contribution >= 0.6 is 12.6 Å². The van der Waals surface area contributed by atoms with Crippen molar-refractivity contribution in [1.82, 2.24) is 10.6 Å². The molecular formula is C13H26N2O3S. The molecule has 0 aromatic heterocycles. The molecule has 0 bridgehead atoms. The van der Waals surface area contributed by atoms with Crippen molar-refractivity contribution in [3.8, 4) is 0 Å². The van der Waals surface area contributed by atoms with E-state index in [1.807, 2.05) is 0 Å². The molecule has 0 radical (unpaired) electrons. The van der Waals surface area contributed by atoms with Gasteiger partial charge in [0.2, 0.25) is 5.91 Å². The first-order valence-electron chi connectivity index (χ1n) is 6.95. The summed E-state index contributed by atoms with van der Waals surface area (Å²) in [5, 5.41) is 13.9. The maximum atomic E-state index is 11.6. The van der Waals surface area contributed by atoms with E-state index in [0.29, 0.717) is 5.75 Å². The summed E-state index contributed by atoms with van der Waals surface area (Å²) in [6.07, 6.45) is 7.20. The first-order chi connectivity index (χ1) is 9.11. The van der Waals surface area contributed by atoms with Crippen molar-refractivity contribution >= 4 is 24.5 Å². The highest BCUT2D eigenvalue weighted by atomic mass is 32.1. The van der Waals surface area contributed by atoms with Crippen molar-refractivity contribution in [2.75, 3.05) is 18.8 Å². The zero-order chi connectivity index (χ0) is 14.5. The summed E-state index contributed by atoms with van der Waals surface area (Å²) in [4.78, 5) is 21.9. The number of carboxylic acids is 1. The fraction of sp³-hybridized carbons (Fsp3) is 0.846. The quantitative estimate of drug-likeness (QED) is 0.324. The molecule has 0 aliphatic heterocycles. The third-order valence-electron chi connectivity index (χ3n) is 2.83. The number of rotatable bonds is 12. The molecule has 0 spiro atoms. The maximum absolute atomic E-state index is 11.6. The lowest BCUT2D eigenvalue weighted by Crippen LogP contribution is -2.47. The van der Waals surface area contributed by atoms with Crippen molar-refractivity contribution in [2.45, 2.75) is 51.5 Å². The van der Waals surface area contributed by atoms with Crippen LogP contribution in [0.2, 0.25) is 0 Å². The molecule has 1 unspecified atom stereocenters. The van der Waals surface area contributed by atoms with Crippen LogP contribution in [0.3, 0.4) is 0 Å². The second-order valence-corrected chi connectivity index (χ2v) is 4.93. The first-order valence-corrected chi connectivity index (χ1v) is 7.58. The van der Waals surface area contributed by atoms with E-state index < -0.39 is 12.0 Å². The zero-order valence-corrected chi connectivity index (χ0v) is 12.5. The predicted octanol–water partition coefficient (Wildman–Crippen LogP) is 1.44. The highest BCUT2D eigenvalue weighted by molar-refractivity contribution is 7.80. The molecule has 0 aromatic carbocycles. The van der Waals surface area contributed by atoms with Crippen molar-refractivity contribution in [1.29, 1.82) is 0 Å². The van der Waals surface area contributed by atoms with Gasteiger partial charge in [0, 0.05) is 5.75 Å². The fourth-order valence-corrected chi connectivity index (χ4v) is 2.00. The van der Waals surface area contributed by atoms with Crippen molar-refractivity contribution < 1.29 is 14.7 Å². The second kappa shape index (κ2) is 12.3. The average molecular weight is 290 g/mol. The summed E-state index contributed by atoms with van der Waals surface area (Å²) in [7, 11) is 0. The van der Waals surface area contributed by atoms with Crippen LogP contribution in [-0.4, -0.2) is 41.9 Å². The van der Waals surface area contributed by atoms with Crippen molar-refractivity contribution in [3.63, 3.8) is 0 Å². The largest absolute Gasteiger partial charge is 0.480 e. The molecule has 0 fully saturated rings. The van der Waals surface area contributed by atoms with Crippen LogP contribution in [-0.2, 0) is 9.59 Å². The maximum Gasteiger partial charge on any atom is 0.322 e. The predicted molar refractivity (Wildman–Crippen MR) is 79.7 cm³/mol. The average Bonchev–Trinajstić information content (AvgIpc) is 2.39. The summed E-state index contributed by atoms with van der Waals surface area (Å²) in [6, 6.07) is -0.418. The Morgan fingerprint density at radius 3 is 2.37 bits per heavy atom. The van der Waals surface area contributed by atoms with Gasteiger partial charge in [0.25, 0.3) is 0 Å². The van der Waals surface area contributed by atoms with Gasteiger partial charge in [-0.25, -0.2) is 0 Å². The summed E-state index contributed by atoms with van der Waals surface area (Å²) >= 11 is 4.10. The molecule has 5 nitrogen and oxygen atoms in total. The number of carboxylic acid groups (broad SMARTS) is 1. The fourth-order valence-electron chi connectivity index (χ4n) is 1.71. The third kappa shape index (κ3) is 10.8. The number of nitrogens with one attached hydrogen (secondary N) is 2. The van der Waals surface area contributed by atoms with Crippen LogP contribution in [0.25, 0.3) is 0 Å². The zero-order valence-electron chi connectivity index (χ0n) is 11.7. The molecule has 0 aliphatic carbocycles. The van der Waals surface area contributed by atoms with Crippen molar-refractivity contribution in [2.24, 2.45) is 0 Å². The summed E-state index contributed by atoms with van der Waals surface area (Å²) in [5.41, 5.74) is 0. The monoisotopic (exact) mass is 290 g/mol. The number of carbonyl (C=O) groups excluding carboxylic acids is 1. The van der Waals surface area contributed by atoms with E-state index in [4.69, 9.17) is 5.11 Å². The van der Waals surface area contributed by atoms with Gasteiger partial charge in [-0.2, -0.15) is 12.6 Å². The Bertz CT molecular complexity index is 262. The molecule has 0 aliphatic rings. The Kier molecular flexibility index (Phi) is 11.8. The van der Waals surface area contributed by atoms with Gasteiger partial charge >= 0.3 is 5.97 Å². The van der Waals surface area contributed by atoms with Gasteiger partial charge in [0.1, 0.15) is 6.54 Å². The van der Waals surface area contributed by atoms with E-state index in [1.54, 1.807) is 0 Å². The molecule has 19 heavy (non-hydrogen) atoms. The van der Waals surface area contributed by atoms with E-state index in [1.165, 1.54) is 25.7 Å². The molecule has 1 amide bonds. The van der Waals surface area contributed by atoms with Crippen LogP contribution < -0.4 is 10.6 Å². The van der Waals surface area contributed by atoms with E-state index >= 15 is 0 Å². The molecule has 0 rings (SSSR count). The highest BCUT2D eigenvalue weighted by Gasteiger charge is 2.16. The minimum absolute atomic E-state index is 0.302. The Morgan fingerprint density at radius 2 is 1.79 bits per heavy atom. The topological polar surface area (TPSA) is 78.4 Å². The molecule has 112 valence electrons. The number of unbranched alkanes of at least 4 members (excludes halogenated alkanes) is 5. The van der Waals surface area contributed by atoms with Crippen LogP contribution in [0.5, 0.6) is 0 Å². The van der Waals surface area contributed by atoms with Gasteiger partial charge in [0.15, 0.2) is 0 Å². The number of aliphatic carboxylic acids is 1. The first kappa shape index (κ1) is 18.2. The Balaban J connectivity index is 3.63. The lowest BCUT2D eigenvalue weighted by Gasteiger charge is -2.15. The second-order valence-electron chi connectivity index (χ2n) is 4.57. The molecule has 3 N–H and O–H groups in total. The smallest absolute Gasteiger partial charge is 0.322 e. The molecule has 0 aromatic rings. The Hall–Kier alpha value is -0.750. The van der Waals surface area contributed by atoms with Gasteiger partial charge in [0.05, 0.1) is 6.04 Å².